The Labute approximate surface area is 112 Å². The average molecular weight is 283 g/mol. The van der Waals surface area contributed by atoms with Gasteiger partial charge in [-0.2, -0.15) is 8.42 Å². The average Bonchev–Trinajstić information content (AvgIpc) is 3.00. The van der Waals surface area contributed by atoms with Gasteiger partial charge in [0, 0.05) is 5.57 Å². The smallest absolute Gasteiger partial charge is 0.344 e. The fourth-order valence-corrected chi connectivity index (χ4v) is 3.30. The highest BCUT2D eigenvalue weighted by molar-refractivity contribution is 7.88. The van der Waals surface area contributed by atoms with Gasteiger partial charge in [-0.1, -0.05) is 13.0 Å². The normalized spacial score (nSPS) is 35.4. The first-order valence-electron chi connectivity index (χ1n) is 6.37. The Hall–Kier alpha value is -1.34. The number of nitrogens with one attached hydrogen (secondary N) is 1. The van der Waals surface area contributed by atoms with E-state index in [-0.39, 0.29) is 11.9 Å². The van der Waals surface area contributed by atoms with Gasteiger partial charge < -0.3 is 10.5 Å². The van der Waals surface area contributed by atoms with E-state index < -0.39 is 10.2 Å². The summed E-state index contributed by atoms with van der Waals surface area (Å²) < 4.78 is 34.7. The Morgan fingerprint density at radius 3 is 3.00 bits per heavy atom. The van der Waals surface area contributed by atoms with Crippen molar-refractivity contribution in [3.05, 3.63) is 23.4 Å². The fraction of sp³-hybridized carbons (Fsp3) is 0.583. The molecule has 1 heterocycles. The van der Waals surface area contributed by atoms with Crippen molar-refractivity contribution in [2.75, 3.05) is 6.61 Å². The lowest BCUT2D eigenvalue weighted by Gasteiger charge is -2.27. The summed E-state index contributed by atoms with van der Waals surface area (Å²) >= 11 is 0. The zero-order valence-corrected chi connectivity index (χ0v) is 11.5. The molecule has 3 atom stereocenters. The first-order chi connectivity index (χ1) is 8.96. The van der Waals surface area contributed by atoms with Gasteiger partial charge in [-0.25, -0.2) is 0 Å². The van der Waals surface area contributed by atoms with Crippen LogP contribution < -0.4 is 10.5 Å². The number of rotatable bonds is 3. The van der Waals surface area contributed by atoms with E-state index >= 15 is 0 Å². The standard InChI is InChI=1S/C12H17N3O3S/c1-7-5-8(7)6-18-10-4-2-3-9-11(10)12(13)15-19(16,17)14-9/h2-3,7-8,10,14H,4-6H2,1H3,(H2,13,15). The number of ether oxygens (including phenoxy) is 1. The van der Waals surface area contributed by atoms with E-state index in [2.05, 4.69) is 16.0 Å². The van der Waals surface area contributed by atoms with Gasteiger partial charge in [0.25, 0.3) is 0 Å². The molecule has 0 aromatic heterocycles. The molecule has 0 amide bonds. The molecule has 0 saturated heterocycles. The highest BCUT2D eigenvalue weighted by Gasteiger charge is 2.35. The lowest BCUT2D eigenvalue weighted by molar-refractivity contribution is 0.0710. The van der Waals surface area contributed by atoms with Crippen LogP contribution in [-0.2, 0) is 14.9 Å². The van der Waals surface area contributed by atoms with Gasteiger partial charge in [0.2, 0.25) is 0 Å². The Bertz CT molecular complexity index is 591. The minimum Gasteiger partial charge on any atom is -0.383 e. The zero-order chi connectivity index (χ0) is 13.6. The summed E-state index contributed by atoms with van der Waals surface area (Å²) in [6.07, 6.45) is 5.29. The highest BCUT2D eigenvalue weighted by Crippen LogP contribution is 2.38. The molecule has 0 aromatic rings. The second-order valence-electron chi connectivity index (χ2n) is 5.31. The molecule has 3 N–H and O–H groups in total. The van der Waals surface area contributed by atoms with Crippen LogP contribution in [0.15, 0.2) is 27.8 Å². The van der Waals surface area contributed by atoms with Crippen LogP contribution in [0, 0.1) is 11.8 Å². The quantitative estimate of drug-likeness (QED) is 0.786. The molecule has 3 rings (SSSR count). The third-order valence-corrected chi connectivity index (χ3v) is 4.68. The minimum atomic E-state index is -3.71. The van der Waals surface area contributed by atoms with Crippen molar-refractivity contribution in [3.63, 3.8) is 0 Å². The fourth-order valence-electron chi connectivity index (χ4n) is 2.45. The maximum atomic E-state index is 11.5. The summed E-state index contributed by atoms with van der Waals surface area (Å²) in [4.78, 5) is 0. The lowest BCUT2D eigenvalue weighted by Crippen LogP contribution is -2.39. The maximum absolute atomic E-state index is 11.5. The third-order valence-electron chi connectivity index (χ3n) is 3.77. The number of allylic oxidation sites excluding steroid dienone is 1. The summed E-state index contributed by atoms with van der Waals surface area (Å²) in [5.74, 6) is 1.38. The van der Waals surface area contributed by atoms with Crippen molar-refractivity contribution in [1.82, 2.24) is 4.72 Å². The summed E-state index contributed by atoms with van der Waals surface area (Å²) in [6.45, 7) is 2.89. The van der Waals surface area contributed by atoms with Crippen LogP contribution in [-0.4, -0.2) is 27.0 Å². The second kappa shape index (κ2) is 4.35. The van der Waals surface area contributed by atoms with E-state index in [1.165, 1.54) is 6.42 Å². The number of nitrogens with zero attached hydrogens (tertiary/aromatic N) is 1. The number of hydrogen-bond donors (Lipinski definition) is 2. The Morgan fingerprint density at radius 1 is 1.58 bits per heavy atom. The zero-order valence-electron chi connectivity index (χ0n) is 10.7. The van der Waals surface area contributed by atoms with Gasteiger partial charge in [0.1, 0.15) is 5.84 Å². The van der Waals surface area contributed by atoms with Crippen LogP contribution in [0.3, 0.4) is 0 Å². The molecule has 1 fully saturated rings. The molecule has 7 heteroatoms. The van der Waals surface area contributed by atoms with Crippen molar-refractivity contribution in [2.45, 2.75) is 25.9 Å². The summed E-state index contributed by atoms with van der Waals surface area (Å²) in [5, 5.41) is 0. The summed E-state index contributed by atoms with van der Waals surface area (Å²) in [7, 11) is -3.71. The summed E-state index contributed by atoms with van der Waals surface area (Å²) in [5.41, 5.74) is 6.90. The van der Waals surface area contributed by atoms with Crippen LogP contribution in [0.25, 0.3) is 0 Å². The molecule has 6 nitrogen and oxygen atoms in total. The van der Waals surface area contributed by atoms with Crippen molar-refractivity contribution < 1.29 is 13.2 Å². The molecule has 3 unspecified atom stereocenters. The van der Waals surface area contributed by atoms with Crippen molar-refractivity contribution in [1.29, 1.82) is 0 Å². The minimum absolute atomic E-state index is 0.0342. The predicted molar refractivity (Wildman–Crippen MR) is 71.5 cm³/mol. The maximum Gasteiger partial charge on any atom is 0.344 e. The number of nitrogens with two attached hydrogens (primary N) is 1. The molecule has 19 heavy (non-hydrogen) atoms. The SMILES string of the molecule is CC1CC1COC1CC=CC2=C1C(N)=NS(=O)(=O)N2. The molecule has 2 aliphatic carbocycles. The second-order valence-corrected chi connectivity index (χ2v) is 6.65. The van der Waals surface area contributed by atoms with E-state index in [0.717, 1.165) is 5.92 Å². The first-order valence-corrected chi connectivity index (χ1v) is 7.81. The number of amidine groups is 1. The molecule has 3 aliphatic rings. The Kier molecular flexibility index (Phi) is 2.90. The topological polar surface area (TPSA) is 93.8 Å². The van der Waals surface area contributed by atoms with E-state index in [1.54, 1.807) is 6.08 Å². The Balaban J connectivity index is 1.79. The first kappa shape index (κ1) is 12.7. The van der Waals surface area contributed by atoms with Crippen LogP contribution >= 0.6 is 0 Å². The molecule has 0 radical (unpaired) electrons. The molecule has 1 saturated carbocycles. The van der Waals surface area contributed by atoms with Gasteiger partial charge in [0.15, 0.2) is 0 Å². The van der Waals surface area contributed by atoms with Gasteiger partial charge in [-0.3, -0.25) is 4.72 Å². The molecule has 1 aliphatic heterocycles. The predicted octanol–water partition coefficient (Wildman–Crippen LogP) is 0.447. The van der Waals surface area contributed by atoms with Gasteiger partial charge in [-0.05, 0) is 30.8 Å². The van der Waals surface area contributed by atoms with Crippen LogP contribution in [0.2, 0.25) is 0 Å². The molecule has 0 bridgehead atoms. The summed E-state index contributed by atoms with van der Waals surface area (Å²) in [6, 6.07) is 0. The van der Waals surface area contributed by atoms with Gasteiger partial charge in [0.05, 0.1) is 18.4 Å². The van der Waals surface area contributed by atoms with Crippen LogP contribution in [0.5, 0.6) is 0 Å². The van der Waals surface area contributed by atoms with E-state index in [0.29, 0.717) is 30.2 Å². The molecule has 0 spiro atoms. The van der Waals surface area contributed by atoms with E-state index in [9.17, 15) is 8.42 Å². The van der Waals surface area contributed by atoms with Crippen molar-refractivity contribution >= 4 is 16.0 Å². The highest BCUT2D eigenvalue weighted by atomic mass is 32.2. The van der Waals surface area contributed by atoms with Gasteiger partial charge >= 0.3 is 10.2 Å². The third kappa shape index (κ3) is 2.52. The van der Waals surface area contributed by atoms with Crippen LogP contribution in [0.4, 0.5) is 0 Å². The van der Waals surface area contributed by atoms with Gasteiger partial charge in [-0.15, -0.1) is 4.40 Å². The monoisotopic (exact) mass is 283 g/mol. The van der Waals surface area contributed by atoms with Crippen molar-refractivity contribution in [2.24, 2.45) is 22.0 Å². The largest absolute Gasteiger partial charge is 0.383 e. The lowest BCUT2D eigenvalue weighted by atomic mass is 9.98. The molecular formula is C12H17N3O3S. The van der Waals surface area contributed by atoms with Crippen LogP contribution in [0.1, 0.15) is 19.8 Å². The van der Waals surface area contributed by atoms with E-state index in [1.807, 2.05) is 6.08 Å². The molecular weight excluding hydrogens is 266 g/mol. The Morgan fingerprint density at radius 2 is 2.32 bits per heavy atom. The van der Waals surface area contributed by atoms with Crippen molar-refractivity contribution in [3.8, 4) is 0 Å². The number of hydrogen-bond acceptors (Lipinski definition) is 4. The van der Waals surface area contributed by atoms with E-state index in [4.69, 9.17) is 10.5 Å². The molecule has 0 aromatic carbocycles. The molecule has 104 valence electrons.